The number of thiocarbonyl (C=S) groups is 1. The van der Waals surface area contributed by atoms with Gasteiger partial charge in [0.2, 0.25) is 0 Å². The Balaban J connectivity index is 1.95. The Kier molecular flexibility index (Phi) is 5.04. The van der Waals surface area contributed by atoms with Gasteiger partial charge < -0.3 is 15.0 Å². The number of anilines is 1. The van der Waals surface area contributed by atoms with Crippen LogP contribution in [-0.4, -0.2) is 49.4 Å². The van der Waals surface area contributed by atoms with Crippen molar-refractivity contribution < 1.29 is 26.3 Å². The molecule has 5 nitrogen and oxygen atoms in total. The highest BCUT2D eigenvalue weighted by Gasteiger charge is 2.32. The van der Waals surface area contributed by atoms with Crippen LogP contribution >= 0.6 is 12.2 Å². The number of hydrogen-bond acceptors (Lipinski definition) is 4. The zero-order valence-electron chi connectivity index (χ0n) is 12.1. The van der Waals surface area contributed by atoms with Crippen LogP contribution in [0.5, 0.6) is 5.75 Å². The fourth-order valence-electron chi connectivity index (χ4n) is 2.20. The number of rotatable bonds is 3. The number of nitrogens with one attached hydrogen (secondary N) is 1. The molecule has 0 aliphatic carbocycles. The van der Waals surface area contributed by atoms with Gasteiger partial charge in [0.15, 0.2) is 14.9 Å². The van der Waals surface area contributed by atoms with E-state index in [0.29, 0.717) is 17.2 Å². The normalized spacial score (nSPS) is 20.1. The molecule has 0 spiro atoms. The van der Waals surface area contributed by atoms with Crippen molar-refractivity contribution in [3.8, 4) is 5.75 Å². The van der Waals surface area contributed by atoms with Gasteiger partial charge in [0, 0.05) is 18.8 Å². The molecule has 1 heterocycles. The lowest BCUT2D eigenvalue weighted by molar-refractivity contribution is -0.274. The number of nitrogens with zero attached hydrogens (tertiary/aromatic N) is 1. The zero-order valence-corrected chi connectivity index (χ0v) is 13.8. The SMILES string of the molecule is CN(C(=S)Nc1ccc(OC(F)(F)F)cc1)[C@H]1CCS(=O)(=O)C1. The van der Waals surface area contributed by atoms with E-state index >= 15 is 0 Å². The average Bonchev–Trinajstić information content (AvgIpc) is 2.78. The van der Waals surface area contributed by atoms with Crippen molar-refractivity contribution in [1.29, 1.82) is 0 Å². The molecule has 1 N–H and O–H groups in total. The van der Waals surface area contributed by atoms with Crippen LogP contribution in [0.15, 0.2) is 24.3 Å². The molecule has 0 radical (unpaired) electrons. The first-order valence-corrected chi connectivity index (χ1v) is 8.89. The fourth-order valence-corrected chi connectivity index (χ4v) is 4.24. The van der Waals surface area contributed by atoms with Crippen LogP contribution in [0.25, 0.3) is 0 Å². The van der Waals surface area contributed by atoms with Gasteiger partial charge in [-0.3, -0.25) is 0 Å². The minimum absolute atomic E-state index is 0.0453. The van der Waals surface area contributed by atoms with E-state index < -0.39 is 16.2 Å². The van der Waals surface area contributed by atoms with Gasteiger partial charge in [-0.2, -0.15) is 0 Å². The number of sulfone groups is 1. The highest BCUT2D eigenvalue weighted by Crippen LogP contribution is 2.24. The first-order valence-electron chi connectivity index (χ1n) is 6.66. The quantitative estimate of drug-likeness (QED) is 0.827. The van der Waals surface area contributed by atoms with Crippen molar-refractivity contribution in [3.05, 3.63) is 24.3 Å². The van der Waals surface area contributed by atoms with Gasteiger partial charge in [-0.05, 0) is 42.9 Å². The molecule has 2 rings (SSSR count). The lowest BCUT2D eigenvalue weighted by Crippen LogP contribution is -2.40. The molecular formula is C13H15F3N2O3S2. The lowest BCUT2D eigenvalue weighted by Gasteiger charge is -2.26. The summed E-state index contributed by atoms with van der Waals surface area (Å²) in [6, 6.07) is 4.92. The van der Waals surface area contributed by atoms with Gasteiger partial charge in [-0.1, -0.05) is 0 Å². The number of alkyl halides is 3. The van der Waals surface area contributed by atoms with Crippen molar-refractivity contribution in [3.63, 3.8) is 0 Å². The predicted molar refractivity (Wildman–Crippen MR) is 84.2 cm³/mol. The second-order valence-electron chi connectivity index (χ2n) is 5.17. The Morgan fingerprint density at radius 2 is 1.96 bits per heavy atom. The van der Waals surface area contributed by atoms with Gasteiger partial charge in [-0.25, -0.2) is 8.42 Å². The topological polar surface area (TPSA) is 58.6 Å². The molecule has 1 atom stereocenters. The molecule has 0 unspecified atom stereocenters. The largest absolute Gasteiger partial charge is 0.573 e. The fraction of sp³-hybridized carbons (Fsp3) is 0.462. The van der Waals surface area contributed by atoms with E-state index in [1.165, 1.54) is 24.3 Å². The smallest absolute Gasteiger partial charge is 0.406 e. The lowest BCUT2D eigenvalue weighted by atomic mass is 10.2. The van der Waals surface area contributed by atoms with Crippen molar-refractivity contribution in [1.82, 2.24) is 4.90 Å². The van der Waals surface area contributed by atoms with E-state index in [1.54, 1.807) is 11.9 Å². The summed E-state index contributed by atoms with van der Waals surface area (Å²) in [6.45, 7) is 0. The van der Waals surface area contributed by atoms with Crippen LogP contribution in [0.2, 0.25) is 0 Å². The summed E-state index contributed by atoms with van der Waals surface area (Å²) < 4.78 is 63.0. The monoisotopic (exact) mass is 368 g/mol. The molecular weight excluding hydrogens is 353 g/mol. The average molecular weight is 368 g/mol. The summed E-state index contributed by atoms with van der Waals surface area (Å²) in [5.74, 6) is -0.151. The van der Waals surface area contributed by atoms with E-state index in [2.05, 4.69) is 10.1 Å². The van der Waals surface area contributed by atoms with Crippen LogP contribution in [0.1, 0.15) is 6.42 Å². The van der Waals surface area contributed by atoms with Crippen molar-refractivity contribution in [2.75, 3.05) is 23.9 Å². The minimum Gasteiger partial charge on any atom is -0.406 e. The third kappa shape index (κ3) is 5.24. The van der Waals surface area contributed by atoms with Gasteiger partial charge >= 0.3 is 6.36 Å². The third-order valence-corrected chi connectivity index (χ3v) is 5.56. The van der Waals surface area contributed by atoms with E-state index in [4.69, 9.17) is 12.2 Å². The summed E-state index contributed by atoms with van der Waals surface area (Å²) in [6.07, 6.45) is -4.24. The van der Waals surface area contributed by atoms with Crippen LogP contribution in [0.4, 0.5) is 18.9 Å². The Morgan fingerprint density at radius 3 is 2.43 bits per heavy atom. The van der Waals surface area contributed by atoms with Gasteiger partial charge in [0.05, 0.1) is 11.5 Å². The highest BCUT2D eigenvalue weighted by molar-refractivity contribution is 7.91. The highest BCUT2D eigenvalue weighted by atomic mass is 32.2. The van der Waals surface area contributed by atoms with E-state index in [1.807, 2.05) is 0 Å². The van der Waals surface area contributed by atoms with Gasteiger partial charge in [0.1, 0.15) is 5.75 Å². The summed E-state index contributed by atoms with van der Waals surface area (Å²) in [5.41, 5.74) is 0.484. The molecule has 1 fully saturated rings. The molecule has 128 valence electrons. The molecule has 1 aromatic carbocycles. The minimum atomic E-state index is -4.74. The van der Waals surface area contributed by atoms with Crippen LogP contribution in [0.3, 0.4) is 0 Å². The van der Waals surface area contributed by atoms with Crippen molar-refractivity contribution in [2.24, 2.45) is 0 Å². The number of halogens is 3. The van der Waals surface area contributed by atoms with Gasteiger partial charge in [0.25, 0.3) is 0 Å². The van der Waals surface area contributed by atoms with E-state index in [0.717, 1.165) is 0 Å². The van der Waals surface area contributed by atoms with Crippen molar-refractivity contribution >= 4 is 32.9 Å². The third-order valence-electron chi connectivity index (χ3n) is 3.42. The Hall–Kier alpha value is -1.55. The maximum Gasteiger partial charge on any atom is 0.573 e. The maximum absolute atomic E-state index is 12.1. The van der Waals surface area contributed by atoms with Crippen LogP contribution in [-0.2, 0) is 9.84 Å². The van der Waals surface area contributed by atoms with Gasteiger partial charge in [-0.15, -0.1) is 13.2 Å². The predicted octanol–water partition coefficient (Wildman–Crippen LogP) is 2.40. The molecule has 0 aromatic heterocycles. The molecule has 0 bridgehead atoms. The van der Waals surface area contributed by atoms with E-state index in [-0.39, 0.29) is 23.3 Å². The molecule has 10 heteroatoms. The Bertz CT molecular complexity index is 675. The maximum atomic E-state index is 12.1. The Morgan fingerprint density at radius 1 is 1.35 bits per heavy atom. The molecule has 1 aromatic rings. The van der Waals surface area contributed by atoms with Crippen LogP contribution in [0, 0.1) is 0 Å². The summed E-state index contributed by atoms with van der Waals surface area (Å²) in [4.78, 5) is 1.65. The summed E-state index contributed by atoms with van der Waals surface area (Å²) >= 11 is 5.20. The Labute approximate surface area is 137 Å². The summed E-state index contributed by atoms with van der Waals surface area (Å²) in [7, 11) is -1.34. The molecule has 0 amide bonds. The second-order valence-corrected chi connectivity index (χ2v) is 7.79. The van der Waals surface area contributed by atoms with E-state index in [9.17, 15) is 21.6 Å². The zero-order chi connectivity index (χ0) is 17.3. The second kappa shape index (κ2) is 6.52. The van der Waals surface area contributed by atoms with Crippen molar-refractivity contribution in [2.45, 2.75) is 18.8 Å². The number of benzene rings is 1. The standard InChI is InChI=1S/C13H15F3N2O3S2/c1-18(10-6-7-23(19,20)8-10)12(22)17-9-2-4-11(5-3-9)21-13(14,15)16/h2-5,10H,6-8H2,1H3,(H,17,22)/t10-/m0/s1. The number of hydrogen-bond donors (Lipinski definition) is 1. The molecule has 0 saturated carbocycles. The summed E-state index contributed by atoms with van der Waals surface area (Å²) in [5, 5.41) is 3.16. The first-order chi connectivity index (χ1) is 10.6. The molecule has 1 aliphatic rings. The molecule has 1 saturated heterocycles. The molecule has 1 aliphatic heterocycles. The first kappa shape index (κ1) is 17.8. The van der Waals surface area contributed by atoms with Crippen LogP contribution < -0.4 is 10.1 Å². The number of ether oxygens (including phenoxy) is 1. The molecule has 23 heavy (non-hydrogen) atoms.